The molecule has 1 heterocycles. The molecule has 0 radical (unpaired) electrons. The molecule has 5 nitrogen and oxygen atoms in total. The Morgan fingerprint density at radius 3 is 2.76 bits per heavy atom. The fourth-order valence-corrected chi connectivity index (χ4v) is 2.46. The van der Waals surface area contributed by atoms with Gasteiger partial charge in [0.1, 0.15) is 11.7 Å². The van der Waals surface area contributed by atoms with E-state index < -0.39 is 11.7 Å². The fraction of sp³-hybridized carbons (Fsp3) is 0.917. The Hall–Kier alpha value is -0.810. The number of carbonyl (C=O) groups excluding carboxylic acids is 1. The van der Waals surface area contributed by atoms with E-state index in [0.29, 0.717) is 13.2 Å². The summed E-state index contributed by atoms with van der Waals surface area (Å²) in [7, 11) is 0. The Kier molecular flexibility index (Phi) is 3.32. The van der Waals surface area contributed by atoms with Crippen LogP contribution in [0, 0.1) is 0 Å². The van der Waals surface area contributed by atoms with Gasteiger partial charge in [0, 0.05) is 6.54 Å². The maximum Gasteiger partial charge on any atom is 0.410 e. The van der Waals surface area contributed by atoms with Crippen molar-refractivity contribution >= 4 is 6.09 Å². The summed E-state index contributed by atoms with van der Waals surface area (Å²) < 4.78 is 10.9. The zero-order valence-electron chi connectivity index (χ0n) is 10.7. The van der Waals surface area contributed by atoms with E-state index in [1.165, 1.54) is 0 Å². The van der Waals surface area contributed by atoms with Crippen LogP contribution < -0.4 is 0 Å². The molecular weight excluding hydrogens is 222 g/mol. The molecule has 1 saturated carbocycles. The molecule has 1 saturated heterocycles. The number of aliphatic hydroxyl groups is 1. The highest BCUT2D eigenvalue weighted by atomic mass is 16.6. The van der Waals surface area contributed by atoms with Gasteiger partial charge in [-0.2, -0.15) is 0 Å². The fourth-order valence-electron chi connectivity index (χ4n) is 2.46. The molecule has 1 aliphatic carbocycles. The van der Waals surface area contributed by atoms with Crippen molar-refractivity contribution in [3.8, 4) is 0 Å². The Balaban J connectivity index is 2.06. The minimum atomic E-state index is -0.579. The van der Waals surface area contributed by atoms with Gasteiger partial charge in [-0.05, 0) is 33.6 Å². The highest BCUT2D eigenvalue weighted by Gasteiger charge is 2.43. The number of aliphatic hydroxyl groups excluding tert-OH is 1. The Labute approximate surface area is 102 Å². The number of hydrogen-bond acceptors (Lipinski definition) is 4. The molecule has 0 aromatic carbocycles. The zero-order valence-corrected chi connectivity index (χ0v) is 10.7. The van der Waals surface area contributed by atoms with Crippen molar-refractivity contribution in [2.75, 3.05) is 13.2 Å². The maximum atomic E-state index is 12.0. The summed E-state index contributed by atoms with van der Waals surface area (Å²) in [6.07, 6.45) is 0.543. The Bertz CT molecular complexity index is 299. The van der Waals surface area contributed by atoms with Crippen molar-refractivity contribution in [2.45, 2.75) is 57.5 Å². The molecule has 17 heavy (non-hydrogen) atoms. The van der Waals surface area contributed by atoms with Gasteiger partial charge in [0.05, 0.1) is 18.8 Å². The van der Waals surface area contributed by atoms with Crippen molar-refractivity contribution in [2.24, 2.45) is 0 Å². The van der Waals surface area contributed by atoms with E-state index in [4.69, 9.17) is 9.47 Å². The molecule has 0 spiro atoms. The topological polar surface area (TPSA) is 59.0 Å². The standard InChI is InChI=1S/C12H21NO4/c1-12(2,3)17-11(15)13-6-7-16-9-5-4-8(13)10(9)14/h8-10,14H,4-7H2,1-3H3/t8-,9+,10?/m1/s1. The summed E-state index contributed by atoms with van der Waals surface area (Å²) in [6.45, 7) is 6.48. The average molecular weight is 243 g/mol. The first kappa shape index (κ1) is 12.6. The summed E-state index contributed by atoms with van der Waals surface area (Å²) in [6, 6.07) is -0.155. The summed E-state index contributed by atoms with van der Waals surface area (Å²) in [5.41, 5.74) is -0.507. The van der Waals surface area contributed by atoms with Crippen LogP contribution in [0.2, 0.25) is 0 Å². The van der Waals surface area contributed by atoms with E-state index in [1.54, 1.807) is 4.90 Å². The van der Waals surface area contributed by atoms with Crippen molar-refractivity contribution in [3.05, 3.63) is 0 Å². The quantitative estimate of drug-likeness (QED) is 0.693. The number of nitrogens with zero attached hydrogens (tertiary/aromatic N) is 1. The first-order valence-corrected chi connectivity index (χ1v) is 6.18. The van der Waals surface area contributed by atoms with Gasteiger partial charge in [0.25, 0.3) is 0 Å². The maximum absolute atomic E-state index is 12.0. The zero-order chi connectivity index (χ0) is 12.6. The van der Waals surface area contributed by atoms with Gasteiger partial charge >= 0.3 is 6.09 Å². The SMILES string of the molecule is CC(C)(C)OC(=O)N1CCO[C@H]2CC[C@@H]1C2O. The van der Waals surface area contributed by atoms with Crippen molar-refractivity contribution in [1.29, 1.82) is 0 Å². The molecule has 98 valence electrons. The van der Waals surface area contributed by atoms with Gasteiger partial charge in [-0.25, -0.2) is 4.79 Å². The number of ether oxygens (including phenoxy) is 2. The van der Waals surface area contributed by atoms with E-state index >= 15 is 0 Å². The largest absolute Gasteiger partial charge is 0.444 e. The van der Waals surface area contributed by atoms with Gasteiger partial charge in [0.2, 0.25) is 0 Å². The third kappa shape index (κ3) is 2.72. The first-order valence-electron chi connectivity index (χ1n) is 6.18. The minimum Gasteiger partial charge on any atom is -0.444 e. The van der Waals surface area contributed by atoms with Crippen LogP contribution in [0.15, 0.2) is 0 Å². The van der Waals surface area contributed by atoms with E-state index in [1.807, 2.05) is 20.8 Å². The van der Waals surface area contributed by atoms with Crippen molar-refractivity contribution in [3.63, 3.8) is 0 Å². The molecule has 1 aliphatic heterocycles. The van der Waals surface area contributed by atoms with E-state index in [9.17, 15) is 9.90 Å². The molecular formula is C12H21NO4. The lowest BCUT2D eigenvalue weighted by Gasteiger charge is -2.31. The second-order valence-electron chi connectivity index (χ2n) is 5.72. The Morgan fingerprint density at radius 1 is 1.41 bits per heavy atom. The summed E-state index contributed by atoms with van der Waals surface area (Å²) >= 11 is 0. The minimum absolute atomic E-state index is 0.118. The van der Waals surface area contributed by atoms with Crippen LogP contribution in [0.25, 0.3) is 0 Å². The second-order valence-corrected chi connectivity index (χ2v) is 5.72. The number of carbonyl (C=O) groups is 1. The molecule has 1 N–H and O–H groups in total. The van der Waals surface area contributed by atoms with Gasteiger partial charge in [-0.15, -0.1) is 0 Å². The predicted octanol–water partition coefficient (Wildman–Crippen LogP) is 1.15. The van der Waals surface area contributed by atoms with Gasteiger partial charge < -0.3 is 19.5 Å². The van der Waals surface area contributed by atoms with Gasteiger partial charge in [-0.1, -0.05) is 0 Å². The van der Waals surface area contributed by atoms with Crippen molar-refractivity contribution in [1.82, 2.24) is 4.90 Å². The summed E-state index contributed by atoms with van der Waals surface area (Å²) in [5, 5.41) is 10.0. The number of amides is 1. The van der Waals surface area contributed by atoms with Crippen LogP contribution in [0.5, 0.6) is 0 Å². The summed E-state index contributed by atoms with van der Waals surface area (Å²) in [4.78, 5) is 13.7. The number of rotatable bonds is 0. The van der Waals surface area contributed by atoms with Gasteiger partial charge in [0.15, 0.2) is 0 Å². The van der Waals surface area contributed by atoms with Crippen LogP contribution in [0.4, 0.5) is 4.79 Å². The van der Waals surface area contributed by atoms with Crippen LogP contribution in [0.1, 0.15) is 33.6 Å². The van der Waals surface area contributed by atoms with E-state index in [2.05, 4.69) is 0 Å². The molecule has 2 fully saturated rings. The molecule has 2 rings (SSSR count). The first-order chi connectivity index (χ1) is 7.88. The number of fused-ring (bicyclic) bond motifs is 2. The molecule has 3 atom stereocenters. The molecule has 0 aromatic heterocycles. The summed E-state index contributed by atoms with van der Waals surface area (Å²) in [5.74, 6) is 0. The molecule has 5 heteroatoms. The second kappa shape index (κ2) is 4.46. The van der Waals surface area contributed by atoms with Crippen LogP contribution in [-0.4, -0.2) is 53.1 Å². The highest BCUT2D eigenvalue weighted by molar-refractivity contribution is 5.68. The van der Waals surface area contributed by atoms with Crippen LogP contribution >= 0.6 is 0 Å². The average Bonchev–Trinajstić information content (AvgIpc) is 2.38. The monoisotopic (exact) mass is 243 g/mol. The third-order valence-electron chi connectivity index (χ3n) is 3.21. The van der Waals surface area contributed by atoms with Crippen LogP contribution in [-0.2, 0) is 9.47 Å². The lowest BCUT2D eigenvalue weighted by Crippen LogP contribution is -2.47. The molecule has 2 aliphatic rings. The smallest absolute Gasteiger partial charge is 0.410 e. The van der Waals surface area contributed by atoms with Gasteiger partial charge in [-0.3, -0.25) is 0 Å². The molecule has 2 bridgehead atoms. The lowest BCUT2D eigenvalue weighted by molar-refractivity contribution is -0.0112. The highest BCUT2D eigenvalue weighted by Crippen LogP contribution is 2.30. The third-order valence-corrected chi connectivity index (χ3v) is 3.21. The van der Waals surface area contributed by atoms with E-state index in [0.717, 1.165) is 12.8 Å². The number of hydrogen-bond donors (Lipinski definition) is 1. The Morgan fingerprint density at radius 2 is 2.12 bits per heavy atom. The normalized spacial score (nSPS) is 33.4. The predicted molar refractivity (Wildman–Crippen MR) is 61.7 cm³/mol. The van der Waals surface area contributed by atoms with Crippen LogP contribution in [0.3, 0.4) is 0 Å². The van der Waals surface area contributed by atoms with E-state index in [-0.39, 0.29) is 18.2 Å². The molecule has 1 unspecified atom stereocenters. The molecule has 0 aromatic rings. The van der Waals surface area contributed by atoms with Crippen molar-refractivity contribution < 1.29 is 19.4 Å². The molecule has 1 amide bonds. The lowest BCUT2D eigenvalue weighted by atomic mass is 10.2.